The molecule has 0 bridgehead atoms. The van der Waals surface area contributed by atoms with E-state index in [1.165, 1.54) is 23.1 Å². The standard InChI is InChI=1S/C21H16ClFN4O3/c22-15-5-7-16(8-6-15)29-12-17-9-10-19(30-17)20(28)25-21-24-13-27(26-21)11-14-3-1-2-4-18(14)23/h1-10,13H,11-12H2,(H,25,26,28). The van der Waals surface area contributed by atoms with Crippen LogP contribution in [-0.4, -0.2) is 20.7 Å². The number of benzene rings is 2. The van der Waals surface area contributed by atoms with E-state index in [4.69, 9.17) is 20.8 Å². The molecule has 0 aliphatic heterocycles. The molecule has 4 aromatic rings. The van der Waals surface area contributed by atoms with Gasteiger partial charge in [0.1, 0.15) is 30.3 Å². The summed E-state index contributed by atoms with van der Waals surface area (Å²) in [7, 11) is 0. The van der Waals surface area contributed by atoms with E-state index >= 15 is 0 Å². The topological polar surface area (TPSA) is 82.2 Å². The number of ether oxygens (including phenoxy) is 1. The molecule has 152 valence electrons. The van der Waals surface area contributed by atoms with E-state index < -0.39 is 5.91 Å². The normalized spacial score (nSPS) is 10.7. The summed E-state index contributed by atoms with van der Waals surface area (Å²) in [6, 6.07) is 16.5. The first-order chi connectivity index (χ1) is 14.6. The van der Waals surface area contributed by atoms with Crippen LogP contribution in [0.2, 0.25) is 5.02 Å². The highest BCUT2D eigenvalue weighted by molar-refractivity contribution is 6.30. The van der Waals surface area contributed by atoms with Crippen molar-refractivity contribution in [3.05, 3.63) is 94.9 Å². The number of aromatic nitrogens is 3. The van der Waals surface area contributed by atoms with E-state index in [0.29, 0.717) is 22.1 Å². The van der Waals surface area contributed by atoms with Gasteiger partial charge in [0.2, 0.25) is 5.95 Å². The number of rotatable bonds is 7. The molecule has 0 saturated heterocycles. The Hall–Kier alpha value is -3.65. The van der Waals surface area contributed by atoms with Crippen molar-refractivity contribution in [2.45, 2.75) is 13.2 Å². The second-order valence-electron chi connectivity index (χ2n) is 6.32. The van der Waals surface area contributed by atoms with Crippen LogP contribution >= 0.6 is 11.6 Å². The molecule has 2 heterocycles. The fourth-order valence-corrected chi connectivity index (χ4v) is 2.78. The molecule has 0 radical (unpaired) electrons. The summed E-state index contributed by atoms with van der Waals surface area (Å²) in [4.78, 5) is 16.4. The van der Waals surface area contributed by atoms with Crippen molar-refractivity contribution in [2.75, 3.05) is 5.32 Å². The molecule has 4 rings (SSSR count). The summed E-state index contributed by atoms with van der Waals surface area (Å²) < 4.78 is 26.3. The van der Waals surface area contributed by atoms with E-state index in [-0.39, 0.29) is 30.7 Å². The van der Waals surface area contributed by atoms with Crippen molar-refractivity contribution >= 4 is 23.5 Å². The molecule has 1 amide bonds. The highest BCUT2D eigenvalue weighted by Crippen LogP contribution is 2.18. The van der Waals surface area contributed by atoms with Crippen LogP contribution in [0.3, 0.4) is 0 Å². The number of nitrogens with zero attached hydrogens (tertiary/aromatic N) is 3. The lowest BCUT2D eigenvalue weighted by molar-refractivity contribution is 0.0991. The van der Waals surface area contributed by atoms with Gasteiger partial charge < -0.3 is 9.15 Å². The Kier molecular flexibility index (Phi) is 5.76. The maximum atomic E-state index is 13.7. The third-order valence-corrected chi connectivity index (χ3v) is 4.38. The predicted octanol–water partition coefficient (Wildman–Crippen LogP) is 4.54. The van der Waals surface area contributed by atoms with Gasteiger partial charge in [-0.25, -0.2) is 14.1 Å². The van der Waals surface area contributed by atoms with Crippen molar-refractivity contribution in [3.8, 4) is 5.75 Å². The Balaban J connectivity index is 1.34. The predicted molar refractivity (Wildman–Crippen MR) is 108 cm³/mol. The highest BCUT2D eigenvalue weighted by atomic mass is 35.5. The summed E-state index contributed by atoms with van der Waals surface area (Å²) in [6.45, 7) is 0.354. The van der Waals surface area contributed by atoms with Gasteiger partial charge in [-0.2, -0.15) is 0 Å². The van der Waals surface area contributed by atoms with Crippen LogP contribution in [0.1, 0.15) is 21.9 Å². The molecule has 0 atom stereocenters. The SMILES string of the molecule is O=C(Nc1ncn(Cc2ccccc2F)n1)c1ccc(COc2ccc(Cl)cc2)o1. The van der Waals surface area contributed by atoms with Gasteiger partial charge in [0.15, 0.2) is 5.76 Å². The van der Waals surface area contributed by atoms with E-state index in [1.54, 1.807) is 48.5 Å². The maximum absolute atomic E-state index is 13.7. The zero-order valence-corrected chi connectivity index (χ0v) is 16.3. The molecule has 7 nitrogen and oxygen atoms in total. The molecule has 30 heavy (non-hydrogen) atoms. The van der Waals surface area contributed by atoms with Crippen LogP contribution in [0.4, 0.5) is 10.3 Å². The quantitative estimate of drug-likeness (QED) is 0.469. The Morgan fingerprint density at radius 2 is 1.93 bits per heavy atom. The van der Waals surface area contributed by atoms with Gasteiger partial charge in [0, 0.05) is 10.6 Å². The number of hydrogen-bond donors (Lipinski definition) is 1. The summed E-state index contributed by atoms with van der Waals surface area (Å²) in [5, 5.41) is 7.29. The fraction of sp³-hybridized carbons (Fsp3) is 0.0952. The van der Waals surface area contributed by atoms with Crippen molar-refractivity contribution in [1.29, 1.82) is 0 Å². The summed E-state index contributed by atoms with van der Waals surface area (Å²) in [5.74, 6) is 0.459. The van der Waals surface area contributed by atoms with E-state index in [0.717, 1.165) is 0 Å². The molecular formula is C21H16ClFN4O3. The minimum absolute atomic E-state index is 0.0895. The number of anilines is 1. The summed E-state index contributed by atoms with van der Waals surface area (Å²) in [6.07, 6.45) is 1.41. The van der Waals surface area contributed by atoms with Gasteiger partial charge in [0.05, 0.1) is 6.54 Å². The molecule has 2 aromatic heterocycles. The Morgan fingerprint density at radius 3 is 2.73 bits per heavy atom. The first-order valence-electron chi connectivity index (χ1n) is 8.98. The number of amides is 1. The van der Waals surface area contributed by atoms with Gasteiger partial charge in [-0.05, 0) is 42.5 Å². The van der Waals surface area contributed by atoms with E-state index in [9.17, 15) is 9.18 Å². The largest absolute Gasteiger partial charge is 0.486 e. The Labute approximate surface area is 176 Å². The second-order valence-corrected chi connectivity index (χ2v) is 6.76. The molecule has 2 aromatic carbocycles. The van der Waals surface area contributed by atoms with Crippen LogP contribution < -0.4 is 10.1 Å². The first-order valence-corrected chi connectivity index (χ1v) is 9.36. The first kappa shape index (κ1) is 19.7. The third-order valence-electron chi connectivity index (χ3n) is 4.13. The molecule has 9 heteroatoms. The van der Waals surface area contributed by atoms with Crippen LogP contribution in [-0.2, 0) is 13.2 Å². The zero-order valence-electron chi connectivity index (χ0n) is 15.6. The molecule has 0 aliphatic carbocycles. The van der Waals surface area contributed by atoms with Crippen LogP contribution in [0.25, 0.3) is 0 Å². The number of carbonyl (C=O) groups excluding carboxylic acids is 1. The molecule has 1 N–H and O–H groups in total. The molecule has 0 saturated carbocycles. The molecule has 0 spiro atoms. The van der Waals surface area contributed by atoms with Gasteiger partial charge in [-0.15, -0.1) is 5.10 Å². The number of nitrogens with one attached hydrogen (secondary N) is 1. The molecule has 0 unspecified atom stereocenters. The van der Waals surface area contributed by atoms with Gasteiger partial charge in [-0.3, -0.25) is 10.1 Å². The van der Waals surface area contributed by atoms with Gasteiger partial charge >= 0.3 is 0 Å². The lowest BCUT2D eigenvalue weighted by Gasteiger charge is -2.04. The third kappa shape index (κ3) is 4.84. The zero-order chi connectivity index (χ0) is 20.9. The van der Waals surface area contributed by atoms with E-state index in [1.807, 2.05) is 0 Å². The fourth-order valence-electron chi connectivity index (χ4n) is 2.66. The molecule has 0 fully saturated rings. The Bertz CT molecular complexity index is 1160. The maximum Gasteiger partial charge on any atom is 0.293 e. The number of hydrogen-bond acceptors (Lipinski definition) is 5. The lowest BCUT2D eigenvalue weighted by atomic mass is 10.2. The molecule has 0 aliphatic rings. The minimum atomic E-state index is -0.503. The van der Waals surface area contributed by atoms with Crippen molar-refractivity contribution < 1.29 is 18.3 Å². The van der Waals surface area contributed by atoms with Crippen LogP contribution in [0, 0.1) is 5.82 Å². The smallest absolute Gasteiger partial charge is 0.293 e. The lowest BCUT2D eigenvalue weighted by Crippen LogP contribution is -2.12. The summed E-state index contributed by atoms with van der Waals surface area (Å²) >= 11 is 5.84. The van der Waals surface area contributed by atoms with Crippen molar-refractivity contribution in [2.24, 2.45) is 0 Å². The highest BCUT2D eigenvalue weighted by Gasteiger charge is 2.14. The Morgan fingerprint density at radius 1 is 1.13 bits per heavy atom. The van der Waals surface area contributed by atoms with E-state index in [2.05, 4.69) is 15.4 Å². The van der Waals surface area contributed by atoms with Gasteiger partial charge in [0.25, 0.3) is 5.91 Å². The van der Waals surface area contributed by atoms with Crippen LogP contribution in [0.15, 0.2) is 71.4 Å². The van der Waals surface area contributed by atoms with Crippen molar-refractivity contribution in [3.63, 3.8) is 0 Å². The number of carbonyl (C=O) groups is 1. The molecular weight excluding hydrogens is 411 g/mol. The number of furan rings is 1. The second kappa shape index (κ2) is 8.79. The number of halogens is 2. The van der Waals surface area contributed by atoms with Crippen LogP contribution in [0.5, 0.6) is 5.75 Å². The minimum Gasteiger partial charge on any atom is -0.486 e. The monoisotopic (exact) mass is 426 g/mol. The average Bonchev–Trinajstić information content (AvgIpc) is 3.39. The summed E-state index contributed by atoms with van der Waals surface area (Å²) in [5.41, 5.74) is 0.469. The van der Waals surface area contributed by atoms with Crippen molar-refractivity contribution in [1.82, 2.24) is 14.8 Å². The van der Waals surface area contributed by atoms with Gasteiger partial charge in [-0.1, -0.05) is 29.8 Å². The average molecular weight is 427 g/mol.